The molecule has 0 spiro atoms. The zero-order chi connectivity index (χ0) is 14.9. The summed E-state index contributed by atoms with van der Waals surface area (Å²) in [7, 11) is 0. The molecule has 20 heavy (non-hydrogen) atoms. The molecule has 0 unspecified atom stereocenters. The van der Waals surface area contributed by atoms with Gasteiger partial charge in [-0.25, -0.2) is 0 Å². The predicted octanol–water partition coefficient (Wildman–Crippen LogP) is 4.62. The van der Waals surface area contributed by atoms with Crippen LogP contribution in [0.15, 0.2) is 39.4 Å². The lowest BCUT2D eigenvalue weighted by molar-refractivity contribution is -0.137. The van der Waals surface area contributed by atoms with Crippen LogP contribution in [0.1, 0.15) is 21.7 Å². The normalized spacial score (nSPS) is 11.4. The van der Waals surface area contributed by atoms with Gasteiger partial charge >= 0.3 is 6.18 Å². The molecule has 106 valence electrons. The molecule has 0 aliphatic rings. The van der Waals surface area contributed by atoms with E-state index >= 15 is 0 Å². The van der Waals surface area contributed by atoms with Crippen molar-refractivity contribution in [3.8, 4) is 0 Å². The second-order valence-electron chi connectivity index (χ2n) is 4.09. The maximum Gasteiger partial charge on any atom is 0.416 e. The summed E-state index contributed by atoms with van der Waals surface area (Å²) in [4.78, 5) is 11.9. The predicted molar refractivity (Wildman–Crippen MR) is 70.5 cm³/mol. The highest BCUT2D eigenvalue weighted by atomic mass is 79.9. The number of benzene rings is 1. The van der Waals surface area contributed by atoms with Crippen LogP contribution in [0.25, 0.3) is 0 Å². The van der Waals surface area contributed by atoms with Crippen molar-refractivity contribution in [1.29, 1.82) is 0 Å². The van der Waals surface area contributed by atoms with Crippen LogP contribution in [0.2, 0.25) is 0 Å². The number of carbonyl (C=O) groups is 1. The van der Waals surface area contributed by atoms with Gasteiger partial charge in [0.25, 0.3) is 5.91 Å². The van der Waals surface area contributed by atoms with Crippen LogP contribution in [0.4, 0.5) is 18.9 Å². The molecule has 2 rings (SSSR count). The van der Waals surface area contributed by atoms with E-state index in [0.717, 1.165) is 12.1 Å². The second-order valence-corrected chi connectivity index (χ2v) is 4.95. The third kappa shape index (κ3) is 3.22. The highest BCUT2D eigenvalue weighted by molar-refractivity contribution is 9.10. The third-order valence-electron chi connectivity index (χ3n) is 2.53. The average molecular weight is 348 g/mol. The monoisotopic (exact) mass is 347 g/mol. The fourth-order valence-electron chi connectivity index (χ4n) is 1.55. The van der Waals surface area contributed by atoms with Crippen LogP contribution in [-0.2, 0) is 6.18 Å². The minimum Gasteiger partial charge on any atom is -0.469 e. The van der Waals surface area contributed by atoms with Gasteiger partial charge in [0.2, 0.25) is 0 Å². The number of hydrogen-bond donors (Lipinski definition) is 1. The molecule has 0 aliphatic heterocycles. The molecule has 0 bridgehead atoms. The van der Waals surface area contributed by atoms with E-state index in [2.05, 4.69) is 21.2 Å². The molecular formula is C13H9BrF3NO2. The molecule has 1 N–H and O–H groups in total. The van der Waals surface area contributed by atoms with Crippen LogP contribution >= 0.6 is 15.9 Å². The first kappa shape index (κ1) is 14.6. The Labute approximate surface area is 120 Å². The first-order valence-electron chi connectivity index (χ1n) is 5.50. The highest BCUT2D eigenvalue weighted by Crippen LogP contribution is 2.34. The Morgan fingerprint density at radius 2 is 2.00 bits per heavy atom. The van der Waals surface area contributed by atoms with Crippen molar-refractivity contribution >= 4 is 27.5 Å². The summed E-state index contributed by atoms with van der Waals surface area (Å²) in [6, 6.07) is 4.53. The van der Waals surface area contributed by atoms with Crippen LogP contribution < -0.4 is 5.32 Å². The minimum atomic E-state index is -4.47. The van der Waals surface area contributed by atoms with Crippen molar-refractivity contribution in [2.75, 3.05) is 5.32 Å². The zero-order valence-corrected chi connectivity index (χ0v) is 11.8. The summed E-state index contributed by atoms with van der Waals surface area (Å²) in [5, 5.41) is 2.41. The molecule has 1 amide bonds. The minimum absolute atomic E-state index is 0.0451. The molecule has 0 atom stereocenters. The summed E-state index contributed by atoms with van der Waals surface area (Å²) in [5.41, 5.74) is -0.546. The first-order chi connectivity index (χ1) is 9.27. The Balaban J connectivity index is 2.27. The van der Waals surface area contributed by atoms with Gasteiger partial charge in [-0.15, -0.1) is 0 Å². The van der Waals surface area contributed by atoms with Crippen molar-refractivity contribution in [2.24, 2.45) is 0 Å². The Morgan fingerprint density at radius 3 is 2.55 bits per heavy atom. The van der Waals surface area contributed by atoms with Crippen molar-refractivity contribution in [3.63, 3.8) is 0 Å². The third-order valence-corrected chi connectivity index (χ3v) is 3.23. The Bertz CT molecular complexity index is 649. The molecular weight excluding hydrogens is 339 g/mol. The van der Waals surface area contributed by atoms with Gasteiger partial charge in [-0.05, 0) is 47.1 Å². The van der Waals surface area contributed by atoms with Crippen LogP contribution in [0, 0.1) is 6.92 Å². The van der Waals surface area contributed by atoms with Gasteiger partial charge in [-0.3, -0.25) is 4.79 Å². The number of anilines is 1. The van der Waals surface area contributed by atoms with E-state index in [1.54, 1.807) is 6.92 Å². The van der Waals surface area contributed by atoms with Gasteiger partial charge in [0.15, 0.2) is 0 Å². The Morgan fingerprint density at radius 1 is 1.30 bits per heavy atom. The van der Waals surface area contributed by atoms with Gasteiger partial charge < -0.3 is 9.73 Å². The Hall–Kier alpha value is -1.76. The standard InChI is InChI=1S/C13H9BrF3NO2/c1-7-4-8(6-20-7)12(19)18-11-5-9(13(15,16)17)2-3-10(11)14/h2-6H,1H3,(H,18,19). The highest BCUT2D eigenvalue weighted by Gasteiger charge is 2.31. The van der Waals surface area contributed by atoms with E-state index in [0.29, 0.717) is 10.2 Å². The number of rotatable bonds is 2. The number of halogens is 4. The maximum absolute atomic E-state index is 12.6. The van der Waals surface area contributed by atoms with Gasteiger partial charge in [0, 0.05) is 4.47 Å². The molecule has 0 aliphatic carbocycles. The molecule has 1 aromatic heterocycles. The molecule has 0 saturated heterocycles. The van der Waals surface area contributed by atoms with Crippen molar-refractivity contribution < 1.29 is 22.4 Å². The fraction of sp³-hybridized carbons (Fsp3) is 0.154. The van der Waals surface area contributed by atoms with Gasteiger partial charge in [-0.2, -0.15) is 13.2 Å². The van der Waals surface area contributed by atoms with E-state index in [-0.39, 0.29) is 11.3 Å². The number of aryl methyl sites for hydroxylation is 1. The smallest absolute Gasteiger partial charge is 0.416 e. The van der Waals surface area contributed by atoms with Crippen molar-refractivity contribution in [3.05, 3.63) is 51.9 Å². The molecule has 7 heteroatoms. The number of amides is 1. The lowest BCUT2D eigenvalue weighted by atomic mass is 10.2. The second kappa shape index (κ2) is 5.32. The molecule has 1 heterocycles. The van der Waals surface area contributed by atoms with Crippen molar-refractivity contribution in [2.45, 2.75) is 13.1 Å². The van der Waals surface area contributed by atoms with Crippen LogP contribution in [0.3, 0.4) is 0 Å². The zero-order valence-electron chi connectivity index (χ0n) is 10.2. The number of alkyl halides is 3. The van der Waals surface area contributed by atoms with Gasteiger partial charge in [-0.1, -0.05) is 0 Å². The van der Waals surface area contributed by atoms with Crippen molar-refractivity contribution in [1.82, 2.24) is 0 Å². The lowest BCUT2D eigenvalue weighted by Gasteiger charge is -2.11. The van der Waals surface area contributed by atoms with Crippen LogP contribution in [-0.4, -0.2) is 5.91 Å². The number of furan rings is 1. The molecule has 2 aromatic rings. The lowest BCUT2D eigenvalue weighted by Crippen LogP contribution is -2.13. The summed E-state index contributed by atoms with van der Waals surface area (Å²) < 4.78 is 43.2. The number of carbonyl (C=O) groups excluding carboxylic acids is 1. The average Bonchev–Trinajstić information content (AvgIpc) is 2.77. The van der Waals surface area contributed by atoms with Crippen LogP contribution in [0.5, 0.6) is 0 Å². The molecule has 1 aromatic carbocycles. The number of nitrogens with one attached hydrogen (secondary N) is 1. The summed E-state index contributed by atoms with van der Waals surface area (Å²) in [6.45, 7) is 1.66. The van der Waals surface area contributed by atoms with Gasteiger partial charge in [0.05, 0.1) is 16.8 Å². The van der Waals surface area contributed by atoms with E-state index in [1.807, 2.05) is 0 Å². The molecule has 0 radical (unpaired) electrons. The van der Waals surface area contributed by atoms with E-state index in [1.165, 1.54) is 18.4 Å². The SMILES string of the molecule is Cc1cc(C(=O)Nc2cc(C(F)(F)F)ccc2Br)co1. The van der Waals surface area contributed by atoms with Gasteiger partial charge in [0.1, 0.15) is 12.0 Å². The molecule has 3 nitrogen and oxygen atoms in total. The molecule has 0 saturated carbocycles. The fourth-order valence-corrected chi connectivity index (χ4v) is 1.90. The van der Waals surface area contributed by atoms with E-state index in [9.17, 15) is 18.0 Å². The maximum atomic E-state index is 12.6. The van der Waals surface area contributed by atoms with E-state index < -0.39 is 17.6 Å². The first-order valence-corrected chi connectivity index (χ1v) is 6.30. The Kier molecular flexibility index (Phi) is 3.89. The van der Waals surface area contributed by atoms with E-state index in [4.69, 9.17) is 4.42 Å². The quantitative estimate of drug-likeness (QED) is 0.860. The summed E-state index contributed by atoms with van der Waals surface area (Å²) in [6.07, 6.45) is -3.22. The topological polar surface area (TPSA) is 42.2 Å². The summed E-state index contributed by atoms with van der Waals surface area (Å²) in [5.74, 6) is 0.000123. The summed E-state index contributed by atoms with van der Waals surface area (Å²) >= 11 is 3.10. The largest absolute Gasteiger partial charge is 0.469 e. The molecule has 0 fully saturated rings. The number of hydrogen-bond acceptors (Lipinski definition) is 2.